The van der Waals surface area contributed by atoms with Crippen molar-refractivity contribution >= 4 is 46.7 Å². The summed E-state index contributed by atoms with van der Waals surface area (Å²) in [6, 6.07) is 11.0. The quantitative estimate of drug-likeness (QED) is 0.395. The van der Waals surface area contributed by atoms with Crippen LogP contribution in [-0.2, 0) is 6.61 Å². The van der Waals surface area contributed by atoms with E-state index < -0.39 is 0 Å². The molecule has 0 aliphatic carbocycles. The second kappa shape index (κ2) is 9.46. The number of methoxy groups -OCH3 is 1. The molecule has 3 N–H and O–H groups in total. The van der Waals surface area contributed by atoms with Gasteiger partial charge in [0.25, 0.3) is 0 Å². The number of hydrazone groups is 1. The summed E-state index contributed by atoms with van der Waals surface area (Å²) in [4.78, 5) is 0. The maximum absolute atomic E-state index is 6.01. The highest BCUT2D eigenvalue weighted by Gasteiger charge is 2.08. The van der Waals surface area contributed by atoms with Crippen molar-refractivity contribution in [1.82, 2.24) is 10.7 Å². The fourth-order valence-electron chi connectivity index (χ4n) is 1.93. The molecule has 2 aromatic rings. The standard InChI is InChI=1S/C17H17Cl2N3O2S/c1-20-17(25)22-21-9-11-4-6-15(16(8-11)23-2)24-10-12-3-5-13(18)14(19)7-12/h3-9H,10H2,1-2H3,(H2,20,22,25)/p+1. The van der Waals surface area contributed by atoms with Crippen LogP contribution < -0.4 is 25.3 Å². The molecule has 8 heteroatoms. The summed E-state index contributed by atoms with van der Waals surface area (Å²) in [5.74, 6) is 1.25. The number of hydrogen-bond acceptors (Lipinski definition) is 3. The van der Waals surface area contributed by atoms with Gasteiger partial charge in [0.2, 0.25) is 5.11 Å². The Morgan fingerprint density at radius 2 is 1.96 bits per heavy atom. The Labute approximate surface area is 161 Å². The van der Waals surface area contributed by atoms with Crippen LogP contribution in [0, 0.1) is 0 Å². The number of rotatable bonds is 6. The molecule has 0 bridgehead atoms. The number of halogens is 2. The third-order valence-electron chi connectivity index (χ3n) is 3.22. The smallest absolute Gasteiger partial charge is 0.223 e. The van der Waals surface area contributed by atoms with Crippen molar-refractivity contribution in [3.8, 4) is 11.5 Å². The zero-order chi connectivity index (χ0) is 18.2. The van der Waals surface area contributed by atoms with Crippen molar-refractivity contribution < 1.29 is 14.6 Å². The SMILES string of the molecule is CNC(=S)N[NH+]=Cc1ccc(OCc2ccc(Cl)c(Cl)c2)c(OC)c1. The number of hydrogen-bond donors (Lipinski definition) is 3. The van der Waals surface area contributed by atoms with Gasteiger partial charge >= 0.3 is 0 Å². The minimum absolute atomic E-state index is 0.354. The molecule has 25 heavy (non-hydrogen) atoms. The lowest BCUT2D eigenvalue weighted by Gasteiger charge is -2.11. The first-order valence-corrected chi connectivity index (χ1v) is 8.51. The average molecular weight is 399 g/mol. The van der Waals surface area contributed by atoms with Crippen LogP contribution in [0.15, 0.2) is 36.4 Å². The van der Waals surface area contributed by atoms with Gasteiger partial charge in [0.15, 0.2) is 17.7 Å². The molecule has 0 saturated heterocycles. The first kappa shape index (κ1) is 19.3. The molecular formula is C17H18Cl2N3O2S+. The monoisotopic (exact) mass is 398 g/mol. The van der Waals surface area contributed by atoms with E-state index in [2.05, 4.69) is 15.8 Å². The molecule has 5 nitrogen and oxygen atoms in total. The Morgan fingerprint density at radius 3 is 2.64 bits per heavy atom. The molecular weight excluding hydrogens is 381 g/mol. The summed E-state index contributed by atoms with van der Waals surface area (Å²) >= 11 is 16.9. The molecule has 2 rings (SSSR count). The Morgan fingerprint density at radius 1 is 1.16 bits per heavy atom. The Hall–Kier alpha value is -2.02. The Kier molecular flexibility index (Phi) is 7.31. The van der Waals surface area contributed by atoms with Crippen LogP contribution in [0.5, 0.6) is 11.5 Å². The van der Waals surface area contributed by atoms with Crippen molar-refractivity contribution in [2.75, 3.05) is 14.2 Å². The lowest BCUT2D eigenvalue weighted by molar-refractivity contribution is -0.500. The van der Waals surface area contributed by atoms with E-state index >= 15 is 0 Å². The van der Waals surface area contributed by atoms with Crippen molar-refractivity contribution in [1.29, 1.82) is 0 Å². The number of ether oxygens (including phenoxy) is 2. The van der Waals surface area contributed by atoms with Crippen LogP contribution in [0.1, 0.15) is 11.1 Å². The highest BCUT2D eigenvalue weighted by atomic mass is 35.5. The van der Waals surface area contributed by atoms with Crippen molar-refractivity contribution in [3.63, 3.8) is 0 Å². The summed E-state index contributed by atoms with van der Waals surface area (Å²) in [6.45, 7) is 0.354. The van der Waals surface area contributed by atoms with Gasteiger partial charge in [-0.1, -0.05) is 29.3 Å². The topological polar surface area (TPSA) is 56.5 Å². The summed E-state index contributed by atoms with van der Waals surface area (Å²) in [6.07, 6.45) is 1.76. The summed E-state index contributed by atoms with van der Waals surface area (Å²) in [7, 11) is 3.33. The highest BCUT2D eigenvalue weighted by Crippen LogP contribution is 2.29. The van der Waals surface area contributed by atoms with Crippen LogP contribution in [-0.4, -0.2) is 25.5 Å². The van der Waals surface area contributed by atoms with Gasteiger partial charge in [-0.05, 0) is 48.1 Å². The molecule has 0 aromatic heterocycles. The normalized spacial score (nSPS) is 10.6. The lowest BCUT2D eigenvalue weighted by atomic mass is 10.2. The van der Waals surface area contributed by atoms with E-state index in [4.69, 9.17) is 44.9 Å². The molecule has 0 aliphatic heterocycles. The van der Waals surface area contributed by atoms with E-state index in [9.17, 15) is 0 Å². The zero-order valence-corrected chi connectivity index (χ0v) is 16.1. The molecule has 0 radical (unpaired) electrons. The fraction of sp³-hybridized carbons (Fsp3) is 0.176. The van der Waals surface area contributed by atoms with Gasteiger partial charge in [-0.25, -0.2) is 0 Å². The predicted molar refractivity (Wildman–Crippen MR) is 105 cm³/mol. The molecule has 2 aromatic carbocycles. The van der Waals surface area contributed by atoms with Crippen LogP contribution >= 0.6 is 35.4 Å². The first-order valence-electron chi connectivity index (χ1n) is 7.34. The van der Waals surface area contributed by atoms with Crippen LogP contribution in [0.25, 0.3) is 0 Å². The molecule has 132 valence electrons. The van der Waals surface area contributed by atoms with Crippen molar-refractivity contribution in [2.45, 2.75) is 6.61 Å². The molecule has 0 amide bonds. The van der Waals surface area contributed by atoms with Crippen molar-refractivity contribution in [3.05, 3.63) is 57.6 Å². The molecule has 0 aliphatic rings. The largest absolute Gasteiger partial charge is 0.493 e. The maximum atomic E-state index is 6.01. The van der Waals surface area contributed by atoms with Gasteiger partial charge in [-0.15, -0.1) is 10.5 Å². The molecule has 0 spiro atoms. The molecule has 0 heterocycles. The van der Waals surface area contributed by atoms with E-state index in [1.807, 2.05) is 24.3 Å². The second-order valence-electron chi connectivity index (χ2n) is 4.94. The summed E-state index contributed by atoms with van der Waals surface area (Å²) in [5, 5.41) is 7.19. The summed E-state index contributed by atoms with van der Waals surface area (Å²) in [5.41, 5.74) is 4.62. The highest BCUT2D eigenvalue weighted by molar-refractivity contribution is 7.80. The minimum atomic E-state index is 0.354. The third kappa shape index (κ3) is 5.77. The fourth-order valence-corrected chi connectivity index (χ4v) is 2.31. The maximum Gasteiger partial charge on any atom is 0.223 e. The van der Waals surface area contributed by atoms with Crippen LogP contribution in [0.2, 0.25) is 10.0 Å². The number of thiocarbonyl (C=S) groups is 1. The Balaban J connectivity index is 2.05. The van der Waals surface area contributed by atoms with Gasteiger partial charge in [-0.2, -0.15) is 0 Å². The van der Waals surface area contributed by atoms with E-state index in [1.165, 1.54) is 0 Å². The lowest BCUT2D eigenvalue weighted by Crippen LogP contribution is -2.82. The van der Waals surface area contributed by atoms with Gasteiger partial charge < -0.3 is 14.8 Å². The van der Waals surface area contributed by atoms with E-state index in [-0.39, 0.29) is 0 Å². The molecule has 0 atom stereocenters. The van der Waals surface area contributed by atoms with Crippen LogP contribution in [0.3, 0.4) is 0 Å². The van der Waals surface area contributed by atoms with Gasteiger partial charge in [0, 0.05) is 12.6 Å². The third-order valence-corrected chi connectivity index (χ3v) is 4.26. The second-order valence-corrected chi connectivity index (χ2v) is 6.16. The van der Waals surface area contributed by atoms with Gasteiger partial charge in [-0.3, -0.25) is 0 Å². The van der Waals surface area contributed by atoms with Gasteiger partial charge in [0.05, 0.1) is 17.2 Å². The minimum Gasteiger partial charge on any atom is -0.493 e. The number of benzene rings is 2. The van der Waals surface area contributed by atoms with E-state index in [0.717, 1.165) is 11.1 Å². The van der Waals surface area contributed by atoms with Crippen molar-refractivity contribution in [2.24, 2.45) is 0 Å². The summed E-state index contributed by atoms with van der Waals surface area (Å²) < 4.78 is 11.2. The van der Waals surface area contributed by atoms with Crippen LogP contribution in [0.4, 0.5) is 0 Å². The average Bonchev–Trinajstić information content (AvgIpc) is 2.62. The van der Waals surface area contributed by atoms with Gasteiger partial charge in [0.1, 0.15) is 6.61 Å². The number of hydrazine groups is 1. The molecule has 0 fully saturated rings. The Bertz CT molecular complexity index is 784. The molecule has 0 unspecified atom stereocenters. The van der Waals surface area contributed by atoms with E-state index in [0.29, 0.717) is 33.3 Å². The zero-order valence-electron chi connectivity index (χ0n) is 13.7. The van der Waals surface area contributed by atoms with E-state index in [1.54, 1.807) is 32.5 Å². The predicted octanol–water partition coefficient (Wildman–Crippen LogP) is 2.09. The first-order chi connectivity index (χ1) is 12.0. The number of nitrogens with one attached hydrogen (secondary N) is 3. The molecule has 0 saturated carbocycles.